The summed E-state index contributed by atoms with van der Waals surface area (Å²) >= 11 is 0. The number of pyridine rings is 1. The highest BCUT2D eigenvalue weighted by molar-refractivity contribution is 5.59. The van der Waals surface area contributed by atoms with Crippen molar-refractivity contribution in [3.8, 4) is 11.5 Å². The zero-order chi connectivity index (χ0) is 23.3. The molecule has 174 valence electrons. The maximum Gasteiger partial charge on any atom is 0.231 e. The van der Waals surface area contributed by atoms with Gasteiger partial charge in [0.05, 0.1) is 5.41 Å². The molecule has 9 nitrogen and oxygen atoms in total. The SMILES string of the molecule is CCOC1(OCC)C2c3c(ccc4c3OCO4)C([n+]3ccccc32)C1(C)C.[O-][Cl+3]([O-])([O-])[O-]. The van der Waals surface area contributed by atoms with Gasteiger partial charge in [-0.3, -0.25) is 0 Å². The third-order valence-electron chi connectivity index (χ3n) is 6.37. The summed E-state index contributed by atoms with van der Waals surface area (Å²) in [7, 11) is -4.94. The fourth-order valence-electron chi connectivity index (χ4n) is 5.49. The van der Waals surface area contributed by atoms with Crippen molar-refractivity contribution >= 4 is 0 Å². The van der Waals surface area contributed by atoms with E-state index in [1.54, 1.807) is 0 Å². The smallest absolute Gasteiger partial charge is 0.231 e. The first-order valence-electron chi connectivity index (χ1n) is 10.4. The number of nitrogens with zero attached hydrogens (tertiary/aromatic N) is 1. The number of rotatable bonds is 4. The Morgan fingerprint density at radius 3 is 2.31 bits per heavy atom. The summed E-state index contributed by atoms with van der Waals surface area (Å²) in [6.45, 7) is 10.0. The first kappa shape index (κ1) is 23.2. The van der Waals surface area contributed by atoms with Crippen molar-refractivity contribution in [2.45, 2.75) is 45.4 Å². The van der Waals surface area contributed by atoms with Crippen LogP contribution in [-0.4, -0.2) is 25.8 Å². The maximum atomic E-state index is 8.49. The van der Waals surface area contributed by atoms with Crippen LogP contribution in [-0.2, 0) is 9.47 Å². The number of benzene rings is 1. The molecule has 1 aromatic carbocycles. The maximum absolute atomic E-state index is 8.49. The molecular weight excluding hydrogens is 442 g/mol. The zero-order valence-corrected chi connectivity index (χ0v) is 19.1. The Balaban J connectivity index is 0.000000444. The lowest BCUT2D eigenvalue weighted by Gasteiger charge is -2.57. The number of fused-ring (bicyclic) bond motifs is 2. The van der Waals surface area contributed by atoms with Gasteiger partial charge in [0.1, 0.15) is 5.92 Å². The first-order valence-corrected chi connectivity index (χ1v) is 11.6. The monoisotopic (exact) mass is 467 g/mol. The molecule has 10 heteroatoms. The van der Waals surface area contributed by atoms with Crippen molar-refractivity contribution in [1.82, 2.24) is 0 Å². The molecule has 2 aromatic rings. The lowest BCUT2D eigenvalue weighted by atomic mass is 9.57. The number of halogens is 1. The predicted octanol–water partition coefficient (Wildman–Crippen LogP) is -1.21. The van der Waals surface area contributed by atoms with Crippen LogP contribution in [0, 0.1) is 15.7 Å². The van der Waals surface area contributed by atoms with Crippen molar-refractivity contribution in [1.29, 1.82) is 0 Å². The highest BCUT2D eigenvalue weighted by Crippen LogP contribution is 2.64. The second-order valence-corrected chi connectivity index (χ2v) is 9.06. The Labute approximate surface area is 188 Å². The van der Waals surface area contributed by atoms with Crippen LogP contribution in [0.15, 0.2) is 36.5 Å². The Morgan fingerprint density at radius 1 is 1.03 bits per heavy atom. The Morgan fingerprint density at radius 2 is 1.69 bits per heavy atom. The molecule has 4 aliphatic rings. The summed E-state index contributed by atoms with van der Waals surface area (Å²) in [6.07, 6.45) is 2.17. The van der Waals surface area contributed by atoms with E-state index in [1.165, 1.54) is 11.3 Å². The molecule has 32 heavy (non-hydrogen) atoms. The summed E-state index contributed by atoms with van der Waals surface area (Å²) in [5.74, 6) is 0.793. The highest BCUT2D eigenvalue weighted by atomic mass is 35.7. The van der Waals surface area contributed by atoms with E-state index >= 15 is 0 Å². The van der Waals surface area contributed by atoms with Gasteiger partial charge in [0.2, 0.25) is 6.79 Å². The summed E-state index contributed by atoms with van der Waals surface area (Å²) < 4.78 is 61.0. The van der Waals surface area contributed by atoms with Crippen LogP contribution in [0.3, 0.4) is 0 Å². The molecule has 2 unspecified atom stereocenters. The van der Waals surface area contributed by atoms with Gasteiger partial charge in [0, 0.05) is 36.5 Å². The van der Waals surface area contributed by atoms with Crippen molar-refractivity contribution < 1.29 is 52.4 Å². The van der Waals surface area contributed by atoms with E-state index in [4.69, 9.17) is 37.6 Å². The Hall–Kier alpha value is -1.98. The topological polar surface area (TPSA) is 133 Å². The minimum absolute atomic E-state index is 0.0845. The van der Waals surface area contributed by atoms with Crippen molar-refractivity contribution in [3.05, 3.63) is 53.3 Å². The summed E-state index contributed by atoms with van der Waals surface area (Å²) in [5.41, 5.74) is 3.35. The number of ether oxygens (including phenoxy) is 4. The molecule has 0 radical (unpaired) electrons. The van der Waals surface area contributed by atoms with Gasteiger partial charge in [-0.2, -0.15) is 4.57 Å². The predicted molar refractivity (Wildman–Crippen MR) is 98.9 cm³/mol. The van der Waals surface area contributed by atoms with Gasteiger partial charge in [-0.25, -0.2) is 18.6 Å². The Kier molecular flexibility index (Phi) is 5.87. The van der Waals surface area contributed by atoms with Crippen LogP contribution in [0.1, 0.15) is 56.5 Å². The van der Waals surface area contributed by atoms with E-state index in [0.717, 1.165) is 17.1 Å². The van der Waals surface area contributed by atoms with Gasteiger partial charge in [-0.05, 0) is 39.8 Å². The van der Waals surface area contributed by atoms with E-state index < -0.39 is 16.0 Å². The second-order valence-electron chi connectivity index (χ2n) is 8.30. The van der Waals surface area contributed by atoms with E-state index in [0.29, 0.717) is 13.2 Å². The summed E-state index contributed by atoms with van der Waals surface area (Å²) in [6, 6.07) is 10.7. The van der Waals surface area contributed by atoms with Gasteiger partial charge in [0.15, 0.2) is 35.2 Å². The third kappa shape index (κ3) is 3.45. The molecule has 6 rings (SSSR count). The van der Waals surface area contributed by atoms with E-state index in [-0.39, 0.29) is 24.2 Å². The largest absolute Gasteiger partial charge is 0.454 e. The standard InChI is InChI=1S/C22H26NO4.ClHO4/c1-5-26-22(27-6-2)18-15-9-7-8-12-23(15)20(21(22,3)4)14-10-11-16-19(17(14)18)25-13-24-16;2-1(3,4)5/h7-12,18,20H,5-6,13H2,1-4H3;(H,2,3,4,5)/q+1;/p-1. The molecule has 1 aromatic heterocycles. The lowest BCUT2D eigenvalue weighted by Crippen LogP contribution is -2.71. The average Bonchev–Trinajstić information content (AvgIpc) is 3.18. The highest BCUT2D eigenvalue weighted by Gasteiger charge is 2.71. The molecule has 0 fully saturated rings. The molecule has 0 N–H and O–H groups in total. The fourth-order valence-corrected chi connectivity index (χ4v) is 5.49. The van der Waals surface area contributed by atoms with E-state index in [9.17, 15) is 0 Å². The van der Waals surface area contributed by atoms with Crippen LogP contribution < -0.4 is 32.7 Å². The van der Waals surface area contributed by atoms with Gasteiger partial charge in [-0.1, -0.05) is 6.07 Å². The van der Waals surface area contributed by atoms with Gasteiger partial charge >= 0.3 is 0 Å². The molecule has 0 amide bonds. The molecule has 2 atom stereocenters. The molecule has 3 aliphatic heterocycles. The number of hydrogen-bond donors (Lipinski definition) is 0. The Bertz CT molecular complexity index is 994. The van der Waals surface area contributed by atoms with Crippen LogP contribution in [0.4, 0.5) is 0 Å². The normalized spacial score (nSPS) is 23.1. The lowest BCUT2D eigenvalue weighted by molar-refractivity contribution is -2.00. The third-order valence-corrected chi connectivity index (χ3v) is 6.37. The van der Waals surface area contributed by atoms with Crippen molar-refractivity contribution in [2.24, 2.45) is 5.41 Å². The molecule has 4 heterocycles. The van der Waals surface area contributed by atoms with Gasteiger partial charge in [0.25, 0.3) is 0 Å². The summed E-state index contributed by atoms with van der Waals surface area (Å²) in [4.78, 5) is 0. The molecule has 1 aliphatic carbocycles. The summed E-state index contributed by atoms with van der Waals surface area (Å²) in [5, 5.41) is 0. The molecule has 0 saturated carbocycles. The van der Waals surface area contributed by atoms with Gasteiger partial charge < -0.3 is 18.9 Å². The fraction of sp³-hybridized carbons (Fsp3) is 0.500. The quantitative estimate of drug-likeness (QED) is 0.404. The van der Waals surface area contributed by atoms with Crippen LogP contribution in [0.2, 0.25) is 0 Å². The molecule has 0 spiro atoms. The minimum atomic E-state index is -4.94. The second kappa shape index (κ2) is 8.11. The van der Waals surface area contributed by atoms with Gasteiger partial charge in [-0.15, -0.1) is 10.2 Å². The molecule has 2 bridgehead atoms. The van der Waals surface area contributed by atoms with E-state index in [2.05, 4.69) is 48.9 Å². The minimum Gasteiger partial charge on any atom is -0.454 e. The van der Waals surface area contributed by atoms with E-state index in [1.807, 2.05) is 19.9 Å². The van der Waals surface area contributed by atoms with Crippen LogP contribution in [0.5, 0.6) is 11.5 Å². The molecular formula is C22H26ClNO8. The number of hydrogen-bond acceptors (Lipinski definition) is 8. The average molecular weight is 468 g/mol. The van der Waals surface area contributed by atoms with Crippen LogP contribution >= 0.6 is 0 Å². The first-order chi connectivity index (χ1) is 15.1. The van der Waals surface area contributed by atoms with Crippen molar-refractivity contribution in [3.63, 3.8) is 0 Å². The van der Waals surface area contributed by atoms with Crippen LogP contribution in [0.25, 0.3) is 0 Å². The zero-order valence-electron chi connectivity index (χ0n) is 18.3. The van der Waals surface area contributed by atoms with Crippen molar-refractivity contribution in [2.75, 3.05) is 20.0 Å². The molecule has 0 saturated heterocycles. The number of aromatic nitrogens is 1.